The summed E-state index contributed by atoms with van der Waals surface area (Å²) in [5.74, 6) is -5.67. The van der Waals surface area contributed by atoms with Crippen molar-refractivity contribution in [3.63, 3.8) is 0 Å². The Balaban J connectivity index is 0.00000276. The zero-order valence-electron chi connectivity index (χ0n) is 32.8. The highest BCUT2D eigenvalue weighted by atomic mass is 32.2. The average Bonchev–Trinajstić information content (AvgIpc) is 3.58. The van der Waals surface area contributed by atoms with Gasteiger partial charge in [-0.3, -0.25) is 24.0 Å². The van der Waals surface area contributed by atoms with Gasteiger partial charge in [0, 0.05) is 48.4 Å². The lowest BCUT2D eigenvalue weighted by Crippen LogP contribution is -2.46. The molecule has 3 aromatic rings. The molecule has 0 spiro atoms. The Morgan fingerprint density at radius 3 is 2.10 bits per heavy atom. The second kappa shape index (κ2) is 24.8. The van der Waals surface area contributed by atoms with Gasteiger partial charge < -0.3 is 57.7 Å². The normalized spacial score (nSPS) is 13.3. The monoisotopic (exact) mass is 835 g/mol. The van der Waals surface area contributed by atoms with Gasteiger partial charge in [0.25, 0.3) is 0 Å². The first-order valence-corrected chi connectivity index (χ1v) is 19.5. The summed E-state index contributed by atoms with van der Waals surface area (Å²) in [6, 6.07) is 12.5. The van der Waals surface area contributed by atoms with Crippen molar-refractivity contribution < 1.29 is 53.2 Å². The second-order valence-electron chi connectivity index (χ2n) is 14.2. The Kier molecular flexibility index (Phi) is 21.0. The number of aliphatic hydroxyl groups excluding tert-OH is 2. The molecule has 19 heteroatoms. The molecular weight excluding hydrogens is 781 g/mol. The van der Waals surface area contributed by atoms with Crippen LogP contribution in [0.5, 0.6) is 0 Å². The highest BCUT2D eigenvalue weighted by Crippen LogP contribution is 2.37. The highest BCUT2D eigenvalue weighted by molar-refractivity contribution is 8.00. The standard InChI is InChI=1S/C37H49F2N7O7S.C2H6O2/c1-37(2,3)33(29-15-23(25-16-24(38)9-10-26(25)39)20-46(29)19-22-7-5-4-6-8-22)43-12-11-27(40)34(50)44-14-13-42-31(47)18-45-35(51)30(17-32(48)49)54-21-28(41)36(52)53;3-1-2-4/h4-10,15-16,20,27-28,30,33,43H,11-14,17-19,21,40-41H2,1-3H3,(H,42,47)(H,44,50)(H,45,51)(H,48,49)(H,52,53);3-4H,1-2H2/t27-,28-,30?,33-;/m0./s1. The van der Waals surface area contributed by atoms with Gasteiger partial charge in [-0.25, -0.2) is 8.78 Å². The molecule has 0 radical (unpaired) electrons. The number of amides is 3. The van der Waals surface area contributed by atoms with Crippen molar-refractivity contribution >= 4 is 41.4 Å². The molecule has 1 heterocycles. The summed E-state index contributed by atoms with van der Waals surface area (Å²) in [5.41, 5.74) is 13.8. The number of nitrogens with two attached hydrogens (primary N) is 2. The van der Waals surface area contributed by atoms with Crippen LogP contribution in [0.3, 0.4) is 0 Å². The van der Waals surface area contributed by atoms with Gasteiger partial charge in [0.1, 0.15) is 17.7 Å². The predicted octanol–water partition coefficient (Wildman–Crippen LogP) is 1.18. The smallest absolute Gasteiger partial charge is 0.321 e. The number of hydrogen-bond donors (Lipinski definition) is 10. The van der Waals surface area contributed by atoms with E-state index in [0.717, 1.165) is 35.2 Å². The number of hydrogen-bond acceptors (Lipinski definition) is 11. The number of nitrogens with one attached hydrogen (secondary N) is 4. The Hall–Kier alpha value is -4.92. The van der Waals surface area contributed by atoms with Gasteiger partial charge in [-0.05, 0) is 48.2 Å². The number of carbonyl (C=O) groups excluding carboxylic acids is 3. The molecule has 0 aliphatic carbocycles. The Morgan fingerprint density at radius 1 is 0.845 bits per heavy atom. The molecule has 1 aromatic heterocycles. The maximum absolute atomic E-state index is 14.9. The van der Waals surface area contributed by atoms with Crippen molar-refractivity contribution in [3.05, 3.63) is 83.7 Å². The molecule has 0 fully saturated rings. The minimum absolute atomic E-state index is 0.0188. The van der Waals surface area contributed by atoms with Crippen molar-refractivity contribution in [2.45, 2.75) is 63.5 Å². The van der Waals surface area contributed by atoms with E-state index in [1.807, 2.05) is 67.9 Å². The number of aliphatic carboxylic acids is 2. The molecule has 12 N–H and O–H groups in total. The first-order chi connectivity index (χ1) is 27.4. The third kappa shape index (κ3) is 17.3. The van der Waals surface area contributed by atoms with Crippen molar-refractivity contribution in [2.75, 3.05) is 45.1 Å². The summed E-state index contributed by atoms with van der Waals surface area (Å²) >= 11 is 0.763. The SMILES string of the molecule is CC(C)(C)[C@@H](NCC[C@H](N)C(=O)NCCNC(=O)CNC(=O)C(CC(=O)O)SC[C@H](N)C(=O)O)c1cc(-c2cc(F)ccc2F)cn1Cc1ccccc1.OCCO. The van der Waals surface area contributed by atoms with Gasteiger partial charge in [-0.1, -0.05) is 51.1 Å². The van der Waals surface area contributed by atoms with Crippen LogP contribution < -0.4 is 32.7 Å². The Morgan fingerprint density at radius 2 is 1.50 bits per heavy atom. The van der Waals surface area contributed by atoms with E-state index in [9.17, 15) is 32.8 Å². The molecule has 0 saturated carbocycles. The maximum Gasteiger partial charge on any atom is 0.321 e. The number of nitrogens with zero attached hydrogens (tertiary/aromatic N) is 1. The van der Waals surface area contributed by atoms with Gasteiger partial charge in [-0.15, -0.1) is 11.8 Å². The summed E-state index contributed by atoms with van der Waals surface area (Å²) in [6.07, 6.45) is 1.47. The molecule has 0 aliphatic heterocycles. The number of rotatable bonds is 22. The summed E-state index contributed by atoms with van der Waals surface area (Å²) in [4.78, 5) is 59.5. The molecule has 320 valence electrons. The summed E-state index contributed by atoms with van der Waals surface area (Å²) in [7, 11) is 0. The zero-order valence-corrected chi connectivity index (χ0v) is 33.6. The lowest BCUT2D eigenvalue weighted by atomic mass is 9.84. The maximum atomic E-state index is 14.9. The van der Waals surface area contributed by atoms with E-state index >= 15 is 0 Å². The molecule has 0 aliphatic rings. The third-order valence-electron chi connectivity index (χ3n) is 8.38. The largest absolute Gasteiger partial charge is 0.481 e. The molecule has 58 heavy (non-hydrogen) atoms. The fourth-order valence-electron chi connectivity index (χ4n) is 5.46. The van der Waals surface area contributed by atoms with E-state index in [4.69, 9.17) is 31.9 Å². The van der Waals surface area contributed by atoms with Crippen LogP contribution in [0.25, 0.3) is 11.1 Å². The topological polar surface area (TPSA) is 271 Å². The zero-order chi connectivity index (χ0) is 43.4. The fourth-order valence-corrected chi connectivity index (χ4v) is 6.54. The number of halogens is 2. The van der Waals surface area contributed by atoms with Crippen LogP contribution in [-0.4, -0.2) is 117 Å². The molecule has 4 atom stereocenters. The number of aliphatic hydroxyl groups is 2. The fraction of sp³-hybridized carbons (Fsp3) is 0.462. The minimum Gasteiger partial charge on any atom is -0.481 e. The van der Waals surface area contributed by atoms with Crippen molar-refractivity contribution in [1.82, 2.24) is 25.8 Å². The van der Waals surface area contributed by atoms with Gasteiger partial charge in [0.05, 0.1) is 43.5 Å². The predicted molar refractivity (Wildman–Crippen MR) is 215 cm³/mol. The van der Waals surface area contributed by atoms with Gasteiger partial charge in [0.2, 0.25) is 17.7 Å². The van der Waals surface area contributed by atoms with E-state index in [1.165, 1.54) is 6.07 Å². The van der Waals surface area contributed by atoms with E-state index in [1.54, 1.807) is 0 Å². The molecule has 3 amide bonds. The average molecular weight is 836 g/mol. The lowest BCUT2D eigenvalue weighted by molar-refractivity contribution is -0.138. The molecule has 16 nitrogen and oxygen atoms in total. The molecule has 0 saturated heterocycles. The van der Waals surface area contributed by atoms with Crippen LogP contribution in [0.2, 0.25) is 0 Å². The molecule has 2 aromatic carbocycles. The van der Waals surface area contributed by atoms with E-state index < -0.39 is 71.6 Å². The third-order valence-corrected chi connectivity index (χ3v) is 9.72. The first kappa shape index (κ1) is 49.2. The van der Waals surface area contributed by atoms with Gasteiger partial charge in [-0.2, -0.15) is 0 Å². The number of carboxylic acid groups (broad SMARTS) is 2. The number of aromatic nitrogens is 1. The first-order valence-electron chi connectivity index (χ1n) is 18.4. The Labute approximate surface area is 340 Å². The van der Waals surface area contributed by atoms with Crippen LogP contribution in [0.15, 0.2) is 60.8 Å². The number of carbonyl (C=O) groups is 5. The van der Waals surface area contributed by atoms with Crippen molar-refractivity contribution in [3.8, 4) is 11.1 Å². The van der Waals surface area contributed by atoms with Crippen LogP contribution in [0.4, 0.5) is 8.78 Å². The van der Waals surface area contributed by atoms with Crippen LogP contribution in [0.1, 0.15) is 50.9 Å². The number of carboxylic acids is 2. The van der Waals surface area contributed by atoms with Gasteiger partial charge in [0.15, 0.2) is 0 Å². The van der Waals surface area contributed by atoms with Gasteiger partial charge >= 0.3 is 11.9 Å². The van der Waals surface area contributed by atoms with Crippen molar-refractivity contribution in [1.29, 1.82) is 0 Å². The lowest BCUT2D eigenvalue weighted by Gasteiger charge is -2.33. The quantitative estimate of drug-likeness (QED) is 0.0638. The summed E-state index contributed by atoms with van der Waals surface area (Å²) in [5, 5.41) is 43.1. The molecule has 1 unspecified atom stereocenters. The number of thioether (sulfide) groups is 1. The molecule has 0 bridgehead atoms. The van der Waals surface area contributed by atoms with Crippen molar-refractivity contribution in [2.24, 2.45) is 16.9 Å². The Bertz CT molecular complexity index is 1790. The molecule has 3 rings (SSSR count). The van der Waals surface area contributed by atoms with E-state index in [-0.39, 0.29) is 55.5 Å². The molecular formula is C39H55F2N7O9S. The highest BCUT2D eigenvalue weighted by Gasteiger charge is 2.30. The summed E-state index contributed by atoms with van der Waals surface area (Å²) in [6.45, 7) is 6.31. The summed E-state index contributed by atoms with van der Waals surface area (Å²) < 4.78 is 31.0. The van der Waals surface area contributed by atoms with Crippen LogP contribution in [0, 0.1) is 17.0 Å². The van der Waals surface area contributed by atoms with Crippen LogP contribution >= 0.6 is 11.8 Å². The minimum atomic E-state index is -1.30. The number of benzene rings is 2. The van der Waals surface area contributed by atoms with Crippen LogP contribution in [-0.2, 0) is 30.5 Å². The van der Waals surface area contributed by atoms with E-state index in [2.05, 4.69) is 21.3 Å². The second-order valence-corrected chi connectivity index (χ2v) is 15.4. The van der Waals surface area contributed by atoms with E-state index in [0.29, 0.717) is 18.7 Å².